The number of aliphatic hydroxyl groups excluding tert-OH is 1. The van der Waals surface area contributed by atoms with E-state index in [2.05, 4.69) is 57.4 Å². The summed E-state index contributed by atoms with van der Waals surface area (Å²) in [5.74, 6) is -2.53. The van der Waals surface area contributed by atoms with E-state index in [-0.39, 0.29) is 95.6 Å². The van der Waals surface area contributed by atoms with Crippen LogP contribution in [-0.4, -0.2) is 124 Å². The number of aliphatic hydroxyl groups is 1. The van der Waals surface area contributed by atoms with Crippen molar-refractivity contribution >= 4 is 130 Å². The van der Waals surface area contributed by atoms with E-state index in [1.165, 1.54) is 73.5 Å². The van der Waals surface area contributed by atoms with Gasteiger partial charge in [0.1, 0.15) is 5.82 Å². The molecule has 0 unspecified atom stereocenters. The van der Waals surface area contributed by atoms with E-state index in [9.17, 15) is 71.7 Å². The van der Waals surface area contributed by atoms with Crippen molar-refractivity contribution < 1.29 is 86.6 Å². The van der Waals surface area contributed by atoms with Crippen LogP contribution in [0.2, 0.25) is 15.7 Å². The Kier molecular flexibility index (Phi) is 61.8. The molecule has 0 atom stereocenters. The topological polar surface area (TPSA) is 444 Å². The second-order valence-electron chi connectivity index (χ2n) is 25.1. The van der Waals surface area contributed by atoms with Gasteiger partial charge < -0.3 is 37.2 Å². The molecule has 12 N–H and O–H groups in total. The first-order valence-electron chi connectivity index (χ1n) is 37.4. The molecule has 0 bridgehead atoms. The molecule has 3 heterocycles. The number of hydrogen-bond donors (Lipinski definition) is 8. The number of alkyl halides is 7. The lowest BCUT2D eigenvalue weighted by molar-refractivity contribution is -0.742. The van der Waals surface area contributed by atoms with Crippen LogP contribution < -0.4 is 32.4 Å². The zero-order valence-electron chi connectivity index (χ0n) is 68.0. The Bertz CT molecular complexity index is 5080. The van der Waals surface area contributed by atoms with Gasteiger partial charge in [-0.25, -0.2) is 65.2 Å². The van der Waals surface area contributed by atoms with Gasteiger partial charge in [0.05, 0.1) is 72.0 Å². The average molecular weight is 1920 g/mol. The average Bonchev–Trinajstić information content (AvgIpc) is 0.834. The van der Waals surface area contributed by atoms with Crippen LogP contribution in [0, 0.1) is 37.7 Å². The summed E-state index contributed by atoms with van der Waals surface area (Å²) in [6.45, 7) is 1.15. The molecule has 0 radical (unpaired) electrons. The molecule has 690 valence electrons. The Balaban J connectivity index is 0.00000144. The molecule has 0 saturated heterocycles. The number of aryl methyl sites for hydroxylation is 6. The van der Waals surface area contributed by atoms with E-state index in [0.29, 0.717) is 80.7 Å². The molecule has 0 aliphatic rings. The van der Waals surface area contributed by atoms with Crippen LogP contribution in [0.15, 0.2) is 235 Å². The van der Waals surface area contributed by atoms with E-state index < -0.39 is 59.4 Å². The van der Waals surface area contributed by atoms with E-state index >= 15 is 0 Å². The van der Waals surface area contributed by atoms with Crippen molar-refractivity contribution in [2.45, 2.75) is 115 Å². The van der Waals surface area contributed by atoms with Crippen LogP contribution in [0.3, 0.4) is 0 Å². The number of rotatable bonds is 27. The Morgan fingerprint density at radius 3 is 1.06 bits per heavy atom. The van der Waals surface area contributed by atoms with Crippen LogP contribution in [0.5, 0.6) is 0 Å². The third-order valence-electron chi connectivity index (χ3n) is 15.2. The fourth-order valence-corrected chi connectivity index (χ4v) is 10.8. The van der Waals surface area contributed by atoms with Crippen LogP contribution in [0.4, 0.5) is 75.2 Å². The van der Waals surface area contributed by atoms with Gasteiger partial charge in [-0.15, -0.1) is 33.3 Å². The maximum absolute atomic E-state index is 14.1. The molecule has 0 spiro atoms. The van der Waals surface area contributed by atoms with Gasteiger partial charge in [-0.1, -0.05) is 140 Å². The summed E-state index contributed by atoms with van der Waals surface area (Å²) in [5, 5.41) is 47.9. The molecule has 0 fully saturated rings. The lowest BCUT2D eigenvalue weighted by Crippen LogP contribution is -2.12. The van der Waals surface area contributed by atoms with Crippen LogP contribution in [-0.2, 0) is 79.3 Å². The standard InChI is InChI=1S/C20H20F2N4O2S.C13H12ClF2N3.C9H10FNO2.C9H12FN.C9H11F.C9H12O.C6H8N2O2S.C4HCl2FN2.C4H6O3.CH2Cl2.CH4.HNO3/c21-11-1-2-14-3-7-16(8-4-14)25-20-18(22)13-24-19(26-20)12-15-5-9-17(10-6-15)29(23,27)28;14-13-17-8-11(16)12(19-13)18-10-5-3-9(4-6-10)2-1-7-15;10-7-1-2-8-3-5-9(6-4-8)11(12)13;10-7-1-2-8-3-5-9(11)6-4-8;2*10-8-4-7-9-5-2-1-3-6-9;7-5-1-3-6(4-2-5)11(8,9)10;5-3-2(7)1-8-4(6)9-3;1-3(5)7-4(2)6;2-1-3;;2-1(3)4/h3-10,13H,1-2,11-12H2,(H2,23,27,28)(H,24,25,26);3-6,8H,1-2,7H2,(H,17,18,19);3-6H,1-2,7H2;3-6H,1-2,7,11H2;1-3,5-6H,4,7-8H2;1-3,5-6,10H,4,7-8H2;1-4H,7H2,(H2,8,9,10);1H;1-2H3;1H2;1H4;(H,2,3,4). The highest BCUT2D eigenvalue weighted by Gasteiger charge is 2.13. The number of ether oxygens (including phenoxy) is 1. The fraction of sp³-hybridized carbons (Fsp3) is 0.271. The SMILES string of the molecule is C.CC(=O)OC(C)=O.ClCCl.FCCCc1ccc(Nc2nc(Cl)ncc2F)cc1.FCCCc1ccccc1.Fc1cnc(Cl)nc1Cl.NS(=O)(=O)c1ccc(Cc2ncc(F)c(Nc3ccc(CCCF)cc3)n2)cc1.Nc1ccc(CCCF)cc1.Nc1ccc(S(N)(=O)=O)cc1.O=[N+]([O-])O.O=[N+]([O-])c1ccc(CCCF)cc1.OCCCc1ccccc1. The molecule has 8 aromatic carbocycles. The molecule has 127 heavy (non-hydrogen) atoms. The van der Waals surface area contributed by atoms with Crippen molar-refractivity contribution in [2.24, 2.45) is 10.3 Å². The van der Waals surface area contributed by atoms with E-state index in [4.69, 9.17) is 100 Å². The number of benzene rings is 8. The summed E-state index contributed by atoms with van der Waals surface area (Å²) < 4.78 is 147. The van der Waals surface area contributed by atoms with Gasteiger partial charge >= 0.3 is 11.9 Å². The lowest BCUT2D eigenvalue weighted by Gasteiger charge is -2.09. The van der Waals surface area contributed by atoms with Crippen molar-refractivity contribution in [3.05, 3.63) is 323 Å². The number of carbonyl (C=O) groups is 2. The van der Waals surface area contributed by atoms with Crippen molar-refractivity contribution in [3.63, 3.8) is 0 Å². The predicted molar refractivity (Wildman–Crippen MR) is 482 cm³/mol. The van der Waals surface area contributed by atoms with Gasteiger partial charge in [0.25, 0.3) is 10.8 Å². The molecule has 0 amide bonds. The Morgan fingerprint density at radius 2 is 0.740 bits per heavy atom. The summed E-state index contributed by atoms with van der Waals surface area (Å²) in [6, 6.07) is 60.2. The second kappa shape index (κ2) is 67.9. The minimum absolute atomic E-state index is 0. The predicted octanol–water partition coefficient (Wildman–Crippen LogP) is 19.9. The zero-order chi connectivity index (χ0) is 94.3. The maximum atomic E-state index is 14.1. The number of carbonyl (C=O) groups excluding carboxylic acids is 2. The molecule has 0 saturated carbocycles. The van der Waals surface area contributed by atoms with Crippen LogP contribution in [0.1, 0.15) is 105 Å². The summed E-state index contributed by atoms with van der Waals surface area (Å²) in [6.07, 6.45) is 11.5. The van der Waals surface area contributed by atoms with Crippen molar-refractivity contribution in [2.75, 3.05) is 67.4 Å². The Labute approximate surface area is 757 Å². The second-order valence-corrected chi connectivity index (χ2v) is 30.0. The Morgan fingerprint density at radius 1 is 0.449 bits per heavy atom. The quantitative estimate of drug-likeness (QED) is 0.00273. The summed E-state index contributed by atoms with van der Waals surface area (Å²) in [4.78, 5) is 60.0. The third kappa shape index (κ3) is 57.1. The molecule has 42 heteroatoms. The highest BCUT2D eigenvalue weighted by molar-refractivity contribution is 7.89. The normalized spacial score (nSPS) is 10.0. The van der Waals surface area contributed by atoms with Gasteiger partial charge in [-0.05, 0) is 212 Å². The summed E-state index contributed by atoms with van der Waals surface area (Å²) in [5.41, 5.74) is 20.9. The third-order valence-corrected chi connectivity index (χ3v) is 17.6. The number of esters is 2. The van der Waals surface area contributed by atoms with Crippen LogP contribution in [0.25, 0.3) is 0 Å². The number of nitro benzene ring substituents is 1. The summed E-state index contributed by atoms with van der Waals surface area (Å²) >= 11 is 25.6. The first-order valence-corrected chi connectivity index (χ1v) is 42.7. The molecule has 11 aromatic rings. The highest BCUT2D eigenvalue weighted by Crippen LogP contribution is 2.23. The van der Waals surface area contributed by atoms with Crippen molar-refractivity contribution in [1.29, 1.82) is 0 Å². The first kappa shape index (κ1) is 116. The number of hydrogen-bond acceptors (Lipinski definition) is 22. The molecule has 27 nitrogen and oxygen atoms in total. The van der Waals surface area contributed by atoms with E-state index in [0.717, 1.165) is 77.8 Å². The van der Waals surface area contributed by atoms with Gasteiger partial charge in [0.15, 0.2) is 34.2 Å². The Hall–Kier alpha value is -11.4. The largest absolute Gasteiger partial charge is 0.399 e. The summed E-state index contributed by atoms with van der Waals surface area (Å²) in [7, 11) is -7.33. The molecule has 0 aliphatic heterocycles. The minimum atomic E-state index is -3.76. The first-order chi connectivity index (χ1) is 59.9. The number of sulfonamides is 2. The number of aromatic nitrogens is 6. The lowest BCUT2D eigenvalue weighted by atomic mass is 10.1. The monoisotopic (exact) mass is 1910 g/mol. The minimum Gasteiger partial charge on any atom is -0.399 e. The number of anilines is 6. The van der Waals surface area contributed by atoms with Gasteiger partial charge in [0, 0.05) is 61.8 Å². The number of nitrogens with zero attached hydrogens (tertiary/aromatic N) is 8. The fourth-order valence-electron chi connectivity index (χ4n) is 9.35. The van der Waals surface area contributed by atoms with Crippen LogP contribution >= 0.6 is 58.0 Å². The van der Waals surface area contributed by atoms with Crippen molar-refractivity contribution in [1.82, 2.24) is 29.9 Å². The zero-order valence-corrected chi connectivity index (χ0v) is 73.4. The number of nitrogen functional groups attached to an aromatic ring is 2. The van der Waals surface area contributed by atoms with Gasteiger partial charge in [0.2, 0.25) is 30.6 Å². The van der Waals surface area contributed by atoms with Gasteiger partial charge in [-0.3, -0.25) is 41.7 Å². The number of nitro groups is 1. The molecular weight excluding hydrogens is 1820 g/mol. The maximum Gasteiger partial charge on any atom is 0.310 e. The molecular formula is C85H99Cl5F8N14O13S2. The van der Waals surface area contributed by atoms with Crippen molar-refractivity contribution in [3.8, 4) is 0 Å². The number of nitrogens with one attached hydrogen (secondary N) is 2. The highest BCUT2D eigenvalue weighted by atomic mass is 35.5. The smallest absolute Gasteiger partial charge is 0.310 e. The number of primary sulfonamides is 2. The number of nitrogens with two attached hydrogens (primary N) is 4. The molecule has 11 rings (SSSR count). The number of non-ortho nitro benzene ring substituents is 1. The molecule has 3 aromatic heterocycles. The van der Waals surface area contributed by atoms with E-state index in [1.54, 1.807) is 48.5 Å². The van der Waals surface area contributed by atoms with E-state index in [1.807, 2.05) is 97.1 Å². The van der Waals surface area contributed by atoms with Gasteiger partial charge in [-0.2, -0.15) is 4.98 Å². The molecule has 0 aliphatic carbocycles. The number of halogens is 13.